The summed E-state index contributed by atoms with van der Waals surface area (Å²) in [5, 5.41) is 0.857. The van der Waals surface area contributed by atoms with E-state index in [4.69, 9.17) is 27.9 Å². The fraction of sp³-hybridized carbons (Fsp3) is 0.708. The van der Waals surface area contributed by atoms with Crippen molar-refractivity contribution in [1.29, 1.82) is 0 Å². The third-order valence-electron chi connectivity index (χ3n) is 9.00. The summed E-state index contributed by atoms with van der Waals surface area (Å²) in [6, 6.07) is 0. The van der Waals surface area contributed by atoms with Crippen molar-refractivity contribution in [2.45, 2.75) is 72.3 Å². The largest absolute Gasteiger partial charge is 0.450 e. The number of carbonyl (C=O) groups excluding carboxylic acids is 3. The fourth-order valence-corrected chi connectivity index (χ4v) is 8.68. The molecule has 4 rings (SSSR count). The smallest absolute Gasteiger partial charge is 0.303 e. The van der Waals surface area contributed by atoms with Crippen LogP contribution in [0.5, 0.6) is 0 Å². The summed E-state index contributed by atoms with van der Waals surface area (Å²) in [6.07, 6.45) is 5.71. The Kier molecular flexibility index (Phi) is 5.10. The first-order valence-corrected chi connectivity index (χ1v) is 11.7. The Labute approximate surface area is 188 Å². The van der Waals surface area contributed by atoms with Crippen LogP contribution in [0.4, 0.5) is 0 Å². The van der Waals surface area contributed by atoms with Crippen LogP contribution in [0.3, 0.4) is 0 Å². The second-order valence-corrected chi connectivity index (χ2v) is 11.1. The lowest BCUT2D eigenvalue weighted by molar-refractivity contribution is -0.190. The van der Waals surface area contributed by atoms with Gasteiger partial charge in [-0.15, -0.1) is 0 Å². The van der Waals surface area contributed by atoms with Gasteiger partial charge in [0.05, 0.1) is 5.03 Å². The molecule has 0 aromatic rings. The maximum absolute atomic E-state index is 13.0. The summed E-state index contributed by atoms with van der Waals surface area (Å²) >= 11 is 13.2. The first-order chi connectivity index (χ1) is 13.9. The molecule has 4 aliphatic carbocycles. The molecule has 4 aliphatic rings. The van der Waals surface area contributed by atoms with Crippen LogP contribution in [0.25, 0.3) is 0 Å². The first-order valence-electron chi connectivity index (χ1n) is 10.9. The fourth-order valence-electron chi connectivity index (χ4n) is 7.77. The number of hydrogen-bond donors (Lipinski definition) is 0. The molecule has 1 unspecified atom stereocenters. The SMILES string of the molecule is CC(=O)O[C@]1(C(C)=O)C(C)C[C@H]2[C@@H]3C=C(Cl)C4=C(Cl)C(=O)CC[C@]4(C)[C@H]3CC[C@@]21C. The van der Waals surface area contributed by atoms with E-state index >= 15 is 0 Å². The van der Waals surface area contributed by atoms with Gasteiger partial charge in [-0.25, -0.2) is 0 Å². The number of allylic oxidation sites excluding steroid dienone is 4. The molecule has 0 heterocycles. The molecule has 164 valence electrons. The number of esters is 1. The zero-order chi connectivity index (χ0) is 22.2. The Hall–Kier alpha value is -1.13. The molecule has 0 amide bonds. The van der Waals surface area contributed by atoms with Gasteiger partial charge in [0.15, 0.2) is 17.2 Å². The average molecular weight is 453 g/mol. The molecule has 2 saturated carbocycles. The maximum Gasteiger partial charge on any atom is 0.303 e. The van der Waals surface area contributed by atoms with Crippen molar-refractivity contribution in [3.05, 3.63) is 21.7 Å². The zero-order valence-corrected chi connectivity index (χ0v) is 19.8. The van der Waals surface area contributed by atoms with Crippen LogP contribution in [-0.2, 0) is 19.1 Å². The normalized spacial score (nSPS) is 45.3. The molecule has 4 nitrogen and oxygen atoms in total. The topological polar surface area (TPSA) is 60.4 Å². The van der Waals surface area contributed by atoms with Gasteiger partial charge in [-0.05, 0) is 61.3 Å². The second-order valence-electron chi connectivity index (χ2n) is 10.3. The molecule has 0 aromatic carbocycles. The molecule has 7 atom stereocenters. The highest BCUT2D eigenvalue weighted by molar-refractivity contribution is 6.45. The Balaban J connectivity index is 1.85. The maximum atomic E-state index is 13.0. The van der Waals surface area contributed by atoms with Crippen molar-refractivity contribution >= 4 is 40.7 Å². The van der Waals surface area contributed by atoms with Crippen molar-refractivity contribution in [1.82, 2.24) is 0 Å². The van der Waals surface area contributed by atoms with Gasteiger partial charge in [0.1, 0.15) is 0 Å². The van der Waals surface area contributed by atoms with E-state index in [1.807, 2.05) is 6.92 Å². The standard InChI is InChI=1S/C24H30Cl2O4/c1-12-10-17-15-11-18(25)20-21(26)19(29)7-8-22(20,4)16(15)6-9-23(17,5)24(12,13(2)27)30-14(3)28/h11-12,15-17H,6-10H2,1-5H3/t12?,15-,16+,17+,22-,23+,24+/m1/s1. The number of rotatable bonds is 2. The van der Waals surface area contributed by atoms with Gasteiger partial charge < -0.3 is 4.74 Å². The van der Waals surface area contributed by atoms with Gasteiger partial charge >= 0.3 is 5.97 Å². The van der Waals surface area contributed by atoms with Gasteiger partial charge in [0.25, 0.3) is 0 Å². The molecule has 0 aliphatic heterocycles. The van der Waals surface area contributed by atoms with Crippen LogP contribution in [0, 0.1) is 34.5 Å². The van der Waals surface area contributed by atoms with Crippen LogP contribution in [0.1, 0.15) is 66.7 Å². The monoisotopic (exact) mass is 452 g/mol. The predicted molar refractivity (Wildman–Crippen MR) is 116 cm³/mol. The van der Waals surface area contributed by atoms with Crippen molar-refractivity contribution < 1.29 is 19.1 Å². The third kappa shape index (κ3) is 2.62. The molecule has 0 aromatic heterocycles. The van der Waals surface area contributed by atoms with Crippen LogP contribution in [-0.4, -0.2) is 23.1 Å². The van der Waals surface area contributed by atoms with E-state index in [9.17, 15) is 14.4 Å². The minimum Gasteiger partial charge on any atom is -0.450 e. The van der Waals surface area contributed by atoms with Crippen LogP contribution in [0.2, 0.25) is 0 Å². The van der Waals surface area contributed by atoms with Crippen molar-refractivity contribution in [3.8, 4) is 0 Å². The molecule has 0 N–H and O–H groups in total. The molecule has 2 fully saturated rings. The highest BCUT2D eigenvalue weighted by Crippen LogP contribution is 2.69. The highest BCUT2D eigenvalue weighted by Gasteiger charge is 2.70. The Bertz CT molecular complexity index is 905. The summed E-state index contributed by atoms with van der Waals surface area (Å²) in [5.41, 5.74) is -1.01. The molecule has 6 heteroatoms. The third-order valence-corrected chi connectivity index (χ3v) is 9.72. The van der Waals surface area contributed by atoms with E-state index < -0.39 is 17.0 Å². The molecular weight excluding hydrogens is 423 g/mol. The lowest BCUT2D eigenvalue weighted by atomic mass is 9.47. The molecule has 0 spiro atoms. The number of hydrogen-bond acceptors (Lipinski definition) is 4. The Morgan fingerprint density at radius 2 is 1.80 bits per heavy atom. The molecule has 30 heavy (non-hydrogen) atoms. The van der Waals surface area contributed by atoms with Gasteiger partial charge in [-0.3, -0.25) is 14.4 Å². The van der Waals surface area contributed by atoms with E-state index in [0.717, 1.165) is 31.3 Å². The predicted octanol–water partition coefficient (Wildman–Crippen LogP) is 5.56. The minimum atomic E-state index is -1.11. The van der Waals surface area contributed by atoms with Crippen LogP contribution >= 0.6 is 23.2 Å². The minimum absolute atomic E-state index is 0.0327. The number of Topliss-reactive ketones (excluding diaryl/α,β-unsaturated/α-hetero) is 2. The molecule has 0 bridgehead atoms. The average Bonchev–Trinajstić information content (AvgIpc) is 2.87. The Morgan fingerprint density at radius 1 is 1.13 bits per heavy atom. The van der Waals surface area contributed by atoms with Crippen molar-refractivity contribution in [2.24, 2.45) is 34.5 Å². The van der Waals surface area contributed by atoms with Crippen LogP contribution in [0.15, 0.2) is 21.7 Å². The van der Waals surface area contributed by atoms with E-state index in [-0.39, 0.29) is 39.8 Å². The lowest BCUT2D eigenvalue weighted by Gasteiger charge is -2.58. The van der Waals surface area contributed by atoms with Gasteiger partial charge in [-0.2, -0.15) is 0 Å². The van der Waals surface area contributed by atoms with Crippen molar-refractivity contribution in [2.75, 3.05) is 0 Å². The first kappa shape index (κ1) is 22.1. The number of halogens is 2. The van der Waals surface area contributed by atoms with Gasteiger partial charge in [-0.1, -0.05) is 50.0 Å². The summed E-state index contributed by atoms with van der Waals surface area (Å²) in [7, 11) is 0. The second kappa shape index (κ2) is 6.93. The Morgan fingerprint density at radius 3 is 2.40 bits per heavy atom. The molecule has 0 radical (unpaired) electrons. The highest BCUT2D eigenvalue weighted by atomic mass is 35.5. The molecule has 0 saturated heterocycles. The zero-order valence-electron chi connectivity index (χ0n) is 18.3. The van der Waals surface area contributed by atoms with Crippen LogP contribution < -0.4 is 0 Å². The molecular formula is C24H30Cl2O4. The number of fused-ring (bicyclic) bond motifs is 5. The summed E-state index contributed by atoms with van der Waals surface area (Å²) in [6.45, 7) is 9.28. The van der Waals surface area contributed by atoms with E-state index in [1.54, 1.807) is 6.92 Å². The summed E-state index contributed by atoms with van der Waals surface area (Å²) < 4.78 is 5.90. The number of ketones is 2. The van der Waals surface area contributed by atoms with Gasteiger partial charge in [0.2, 0.25) is 0 Å². The van der Waals surface area contributed by atoms with Crippen molar-refractivity contribution in [3.63, 3.8) is 0 Å². The number of carbonyl (C=O) groups is 3. The summed E-state index contributed by atoms with van der Waals surface area (Å²) in [4.78, 5) is 37.3. The summed E-state index contributed by atoms with van der Waals surface area (Å²) in [5.74, 6) is 0.0311. The van der Waals surface area contributed by atoms with E-state index in [0.29, 0.717) is 17.4 Å². The lowest BCUT2D eigenvalue weighted by Crippen LogP contribution is -2.60. The van der Waals surface area contributed by atoms with Gasteiger partial charge in [0, 0.05) is 29.7 Å². The quantitative estimate of drug-likeness (QED) is 0.514. The van der Waals surface area contributed by atoms with E-state index in [1.165, 1.54) is 6.92 Å². The van der Waals surface area contributed by atoms with E-state index in [2.05, 4.69) is 19.9 Å². The number of ether oxygens (including phenoxy) is 1.